The number of nitrogens with one attached hydrogen (secondary N) is 1. The first-order chi connectivity index (χ1) is 12.5. The molecule has 0 aromatic heterocycles. The number of carboxylic acid groups (broad SMARTS) is 1. The highest BCUT2D eigenvalue weighted by molar-refractivity contribution is 9.10. The van der Waals surface area contributed by atoms with Crippen molar-refractivity contribution in [3.63, 3.8) is 0 Å². The van der Waals surface area contributed by atoms with Crippen LogP contribution < -0.4 is 15.2 Å². The van der Waals surface area contributed by atoms with Crippen LogP contribution in [-0.2, 0) is 14.4 Å². The van der Waals surface area contributed by atoms with Crippen molar-refractivity contribution in [2.75, 3.05) is 11.6 Å². The number of benzene rings is 2. The van der Waals surface area contributed by atoms with E-state index in [1.807, 2.05) is 0 Å². The van der Waals surface area contributed by atoms with E-state index >= 15 is 0 Å². The molecule has 2 aromatic carbocycles. The van der Waals surface area contributed by atoms with Crippen molar-refractivity contribution in [3.05, 3.63) is 64.1 Å². The molecule has 0 spiro atoms. The Bertz CT molecular complexity index is 911. The maximum atomic E-state index is 12.6. The zero-order chi connectivity index (χ0) is 18.7. The summed E-state index contributed by atoms with van der Waals surface area (Å²) in [6, 6.07) is 13.6. The number of carbonyl (C=O) groups excluding carboxylic acids is 2. The number of carboxylic acids is 1. The van der Waals surface area contributed by atoms with Crippen molar-refractivity contribution in [1.82, 2.24) is 5.43 Å². The second-order valence-corrected chi connectivity index (χ2v) is 6.26. The molecule has 0 atom stereocenters. The fourth-order valence-corrected chi connectivity index (χ4v) is 2.75. The average molecular weight is 417 g/mol. The molecule has 2 N–H and O–H groups in total. The van der Waals surface area contributed by atoms with Gasteiger partial charge in [0.2, 0.25) is 0 Å². The first-order valence-corrected chi connectivity index (χ1v) is 8.31. The lowest BCUT2D eigenvalue weighted by molar-refractivity contribution is -0.139. The molecule has 1 saturated heterocycles. The Kier molecular flexibility index (Phi) is 5.04. The molecular weight excluding hydrogens is 404 g/mol. The summed E-state index contributed by atoms with van der Waals surface area (Å²) in [6.45, 7) is -0.534. The van der Waals surface area contributed by atoms with Crippen molar-refractivity contribution in [2.45, 2.75) is 0 Å². The molecule has 1 aliphatic rings. The van der Waals surface area contributed by atoms with Crippen molar-refractivity contribution >= 4 is 45.5 Å². The van der Waals surface area contributed by atoms with Crippen LogP contribution in [0.2, 0.25) is 0 Å². The van der Waals surface area contributed by atoms with Gasteiger partial charge in [-0.1, -0.05) is 34.1 Å². The van der Waals surface area contributed by atoms with E-state index in [4.69, 9.17) is 9.84 Å². The molecule has 2 amide bonds. The van der Waals surface area contributed by atoms with Gasteiger partial charge in [0.25, 0.3) is 11.8 Å². The molecule has 1 fully saturated rings. The number of rotatable bonds is 5. The standard InChI is InChI=1S/C18H13BrN2O5/c19-12-6-7-15(26-10-16(22)23)11(8-12)9-14-17(24)20-21(18(14)25)13-4-2-1-3-5-13/h1-9H,10H2,(H,20,24)(H,22,23)/b14-9-. The van der Waals surface area contributed by atoms with Crippen LogP contribution in [0.1, 0.15) is 5.56 Å². The highest BCUT2D eigenvalue weighted by Gasteiger charge is 2.34. The SMILES string of the molecule is O=C(O)COc1ccc(Br)cc1/C=C1/C(=O)NN(c2ccccc2)C1=O. The molecule has 132 valence electrons. The number of anilines is 1. The average Bonchev–Trinajstić information content (AvgIpc) is 2.90. The van der Waals surface area contributed by atoms with Crippen molar-refractivity contribution in [1.29, 1.82) is 0 Å². The summed E-state index contributed by atoms with van der Waals surface area (Å²) in [6.07, 6.45) is 1.38. The van der Waals surface area contributed by atoms with Crippen molar-refractivity contribution in [2.24, 2.45) is 0 Å². The van der Waals surface area contributed by atoms with Crippen LogP contribution in [0.5, 0.6) is 5.75 Å². The molecule has 0 unspecified atom stereocenters. The number of hydrogen-bond acceptors (Lipinski definition) is 4. The van der Waals surface area contributed by atoms with Gasteiger partial charge in [-0.15, -0.1) is 0 Å². The quantitative estimate of drug-likeness (QED) is 0.576. The third-order valence-electron chi connectivity index (χ3n) is 3.53. The van der Waals surface area contributed by atoms with Gasteiger partial charge in [0, 0.05) is 10.0 Å². The third kappa shape index (κ3) is 3.75. The Balaban J connectivity index is 1.94. The van der Waals surface area contributed by atoms with Gasteiger partial charge in [-0.05, 0) is 36.4 Å². The zero-order valence-electron chi connectivity index (χ0n) is 13.3. The minimum Gasteiger partial charge on any atom is -0.481 e. The largest absolute Gasteiger partial charge is 0.481 e. The van der Waals surface area contributed by atoms with E-state index in [1.54, 1.807) is 48.5 Å². The number of ether oxygens (including phenoxy) is 1. The summed E-state index contributed by atoms with van der Waals surface area (Å²) in [5.41, 5.74) is 3.37. The lowest BCUT2D eigenvalue weighted by Gasteiger charge is -2.14. The van der Waals surface area contributed by atoms with Gasteiger partial charge in [0.15, 0.2) is 6.61 Å². The molecule has 0 radical (unpaired) electrons. The van der Waals surface area contributed by atoms with Gasteiger partial charge in [-0.2, -0.15) is 0 Å². The molecule has 0 saturated carbocycles. The molecule has 1 heterocycles. The van der Waals surface area contributed by atoms with Crippen LogP contribution in [0.25, 0.3) is 6.08 Å². The van der Waals surface area contributed by atoms with Gasteiger partial charge in [0.05, 0.1) is 5.69 Å². The molecule has 2 aromatic rings. The predicted octanol–water partition coefficient (Wildman–Crippen LogP) is 2.37. The van der Waals surface area contributed by atoms with Crippen LogP contribution in [0, 0.1) is 0 Å². The Morgan fingerprint density at radius 3 is 2.62 bits per heavy atom. The minimum absolute atomic E-state index is 0.0767. The first kappa shape index (κ1) is 17.7. The van der Waals surface area contributed by atoms with Crippen LogP contribution in [0.15, 0.2) is 58.6 Å². The van der Waals surface area contributed by atoms with E-state index in [9.17, 15) is 14.4 Å². The number of para-hydroxylation sites is 1. The Morgan fingerprint density at radius 2 is 1.92 bits per heavy atom. The summed E-state index contributed by atoms with van der Waals surface area (Å²) in [7, 11) is 0. The minimum atomic E-state index is -1.13. The predicted molar refractivity (Wildman–Crippen MR) is 97.3 cm³/mol. The van der Waals surface area contributed by atoms with Crippen LogP contribution >= 0.6 is 15.9 Å². The van der Waals surface area contributed by atoms with Crippen molar-refractivity contribution < 1.29 is 24.2 Å². The molecular formula is C18H13BrN2O5. The monoisotopic (exact) mass is 416 g/mol. The summed E-state index contributed by atoms with van der Waals surface area (Å²) in [5.74, 6) is -1.94. The molecule has 0 bridgehead atoms. The van der Waals surface area contributed by atoms with Crippen LogP contribution in [0.3, 0.4) is 0 Å². The zero-order valence-corrected chi connectivity index (χ0v) is 14.9. The number of hydrogen-bond donors (Lipinski definition) is 2. The fraction of sp³-hybridized carbons (Fsp3) is 0.0556. The lowest BCUT2D eigenvalue weighted by atomic mass is 10.1. The summed E-state index contributed by atoms with van der Waals surface area (Å²) < 4.78 is 5.92. The number of carbonyl (C=O) groups is 3. The van der Waals surface area contributed by atoms with Gasteiger partial charge >= 0.3 is 5.97 Å². The molecule has 7 nitrogen and oxygen atoms in total. The molecule has 1 aliphatic heterocycles. The Hall–Kier alpha value is -3.13. The fourth-order valence-electron chi connectivity index (χ4n) is 2.37. The van der Waals surface area contributed by atoms with Gasteiger partial charge in [-0.25, -0.2) is 9.80 Å². The molecule has 3 rings (SSSR count). The molecule has 0 aliphatic carbocycles. The number of aliphatic carboxylic acids is 1. The summed E-state index contributed by atoms with van der Waals surface area (Å²) >= 11 is 3.31. The topological polar surface area (TPSA) is 95.9 Å². The van der Waals surface area contributed by atoms with Crippen LogP contribution in [-0.4, -0.2) is 29.5 Å². The van der Waals surface area contributed by atoms with E-state index in [0.29, 0.717) is 15.7 Å². The maximum absolute atomic E-state index is 12.6. The smallest absolute Gasteiger partial charge is 0.341 e. The van der Waals surface area contributed by atoms with Crippen LogP contribution in [0.4, 0.5) is 5.69 Å². The van der Waals surface area contributed by atoms with Gasteiger partial charge < -0.3 is 9.84 Å². The summed E-state index contributed by atoms with van der Waals surface area (Å²) in [4.78, 5) is 35.6. The molecule has 26 heavy (non-hydrogen) atoms. The Labute approximate surface area is 157 Å². The van der Waals surface area contributed by atoms with Gasteiger partial charge in [-0.3, -0.25) is 15.0 Å². The van der Waals surface area contributed by atoms with Gasteiger partial charge in [0.1, 0.15) is 11.3 Å². The van der Waals surface area contributed by atoms with E-state index in [-0.39, 0.29) is 11.3 Å². The lowest BCUT2D eigenvalue weighted by Crippen LogP contribution is -2.35. The summed E-state index contributed by atoms with van der Waals surface area (Å²) in [5, 5.41) is 9.93. The maximum Gasteiger partial charge on any atom is 0.341 e. The normalized spacial score (nSPS) is 15.3. The third-order valence-corrected chi connectivity index (χ3v) is 4.02. The van der Waals surface area contributed by atoms with Crippen molar-refractivity contribution in [3.8, 4) is 5.75 Å². The number of nitrogens with zero attached hydrogens (tertiary/aromatic N) is 1. The van der Waals surface area contributed by atoms with E-state index in [2.05, 4.69) is 21.4 Å². The van der Waals surface area contributed by atoms with E-state index in [1.165, 1.54) is 6.08 Å². The number of hydrazine groups is 1. The second-order valence-electron chi connectivity index (χ2n) is 5.34. The van der Waals surface area contributed by atoms with E-state index in [0.717, 1.165) is 5.01 Å². The number of halogens is 1. The molecule has 8 heteroatoms. The highest BCUT2D eigenvalue weighted by Crippen LogP contribution is 2.28. The number of amides is 2. The highest BCUT2D eigenvalue weighted by atomic mass is 79.9. The second kappa shape index (κ2) is 7.40. The van der Waals surface area contributed by atoms with E-state index < -0.39 is 24.4 Å². The Morgan fingerprint density at radius 1 is 1.19 bits per heavy atom. The first-order valence-electron chi connectivity index (χ1n) is 7.52.